The Labute approximate surface area is 123 Å². The van der Waals surface area contributed by atoms with E-state index >= 15 is 0 Å². The van der Waals surface area contributed by atoms with Crippen LogP contribution in [0.4, 0.5) is 11.4 Å². The lowest BCUT2D eigenvalue weighted by molar-refractivity contribution is -0.132. The molecule has 21 heavy (non-hydrogen) atoms. The normalized spacial score (nSPS) is 16.3. The molecular weight excluding hydrogens is 270 g/mol. The quantitative estimate of drug-likeness (QED) is 0.735. The summed E-state index contributed by atoms with van der Waals surface area (Å²) in [6.07, 6.45) is 3.21. The highest BCUT2D eigenvalue weighted by atomic mass is 16.4. The second kappa shape index (κ2) is 6.47. The molecule has 1 amide bonds. The first-order valence-corrected chi connectivity index (χ1v) is 7.17. The SMILES string of the molecule is CC(Nc1cc(N)ccc1C(=O)O)C(=O)N1CCCCC1. The summed E-state index contributed by atoms with van der Waals surface area (Å²) >= 11 is 0. The van der Waals surface area contributed by atoms with Crippen LogP contribution in [0.2, 0.25) is 0 Å². The molecule has 4 N–H and O–H groups in total. The van der Waals surface area contributed by atoms with Crippen LogP contribution in [-0.2, 0) is 4.79 Å². The zero-order chi connectivity index (χ0) is 15.4. The summed E-state index contributed by atoms with van der Waals surface area (Å²) < 4.78 is 0. The van der Waals surface area contributed by atoms with Crippen molar-refractivity contribution in [1.29, 1.82) is 0 Å². The van der Waals surface area contributed by atoms with Crippen molar-refractivity contribution in [2.45, 2.75) is 32.2 Å². The van der Waals surface area contributed by atoms with E-state index in [1.165, 1.54) is 12.1 Å². The zero-order valence-corrected chi connectivity index (χ0v) is 12.1. The number of carbonyl (C=O) groups excluding carboxylic acids is 1. The molecule has 1 unspecified atom stereocenters. The minimum atomic E-state index is -1.05. The van der Waals surface area contributed by atoms with Gasteiger partial charge in [-0.15, -0.1) is 0 Å². The van der Waals surface area contributed by atoms with E-state index in [9.17, 15) is 14.7 Å². The Morgan fingerprint density at radius 1 is 1.29 bits per heavy atom. The molecule has 1 aliphatic rings. The zero-order valence-electron chi connectivity index (χ0n) is 12.1. The minimum absolute atomic E-state index is 0.00605. The van der Waals surface area contributed by atoms with Gasteiger partial charge in [0.15, 0.2) is 0 Å². The number of likely N-dealkylation sites (tertiary alicyclic amines) is 1. The maximum atomic E-state index is 12.4. The highest BCUT2D eigenvalue weighted by Crippen LogP contribution is 2.21. The molecule has 1 saturated heterocycles. The summed E-state index contributed by atoms with van der Waals surface area (Å²) in [6, 6.07) is 4.04. The molecule has 1 aliphatic heterocycles. The Morgan fingerprint density at radius 3 is 2.57 bits per heavy atom. The Balaban J connectivity index is 2.11. The largest absolute Gasteiger partial charge is 0.478 e. The highest BCUT2D eigenvalue weighted by Gasteiger charge is 2.23. The number of carboxylic acid groups (broad SMARTS) is 1. The van der Waals surface area contributed by atoms with Crippen molar-refractivity contribution in [3.8, 4) is 0 Å². The molecule has 0 aromatic heterocycles. The number of nitrogens with one attached hydrogen (secondary N) is 1. The summed E-state index contributed by atoms with van der Waals surface area (Å²) in [5.74, 6) is -1.05. The number of nitrogen functional groups attached to an aromatic ring is 1. The number of piperidine rings is 1. The van der Waals surface area contributed by atoms with Gasteiger partial charge in [-0.05, 0) is 44.4 Å². The fourth-order valence-corrected chi connectivity index (χ4v) is 2.55. The van der Waals surface area contributed by atoms with E-state index in [4.69, 9.17) is 5.73 Å². The van der Waals surface area contributed by atoms with E-state index in [1.807, 2.05) is 4.90 Å². The van der Waals surface area contributed by atoms with Crippen LogP contribution in [-0.4, -0.2) is 41.0 Å². The molecule has 1 atom stereocenters. The Morgan fingerprint density at radius 2 is 1.95 bits per heavy atom. The number of benzene rings is 1. The van der Waals surface area contributed by atoms with Crippen molar-refractivity contribution in [3.63, 3.8) is 0 Å². The number of hydrogen-bond acceptors (Lipinski definition) is 4. The monoisotopic (exact) mass is 291 g/mol. The second-order valence-electron chi connectivity index (χ2n) is 5.36. The molecule has 1 heterocycles. The van der Waals surface area contributed by atoms with Crippen LogP contribution in [0.1, 0.15) is 36.5 Å². The summed E-state index contributed by atoms with van der Waals surface area (Å²) in [4.78, 5) is 25.4. The summed E-state index contributed by atoms with van der Waals surface area (Å²) in [6.45, 7) is 3.28. The number of carboxylic acids is 1. The minimum Gasteiger partial charge on any atom is -0.478 e. The Hall–Kier alpha value is -2.24. The maximum absolute atomic E-state index is 12.4. The number of amides is 1. The van der Waals surface area contributed by atoms with Crippen LogP contribution < -0.4 is 11.1 Å². The lowest BCUT2D eigenvalue weighted by atomic mass is 10.1. The fraction of sp³-hybridized carbons (Fsp3) is 0.467. The van der Waals surface area contributed by atoms with Gasteiger partial charge >= 0.3 is 5.97 Å². The van der Waals surface area contributed by atoms with Gasteiger partial charge in [-0.2, -0.15) is 0 Å². The molecule has 6 nitrogen and oxygen atoms in total. The number of nitrogens with zero attached hydrogens (tertiary/aromatic N) is 1. The van der Waals surface area contributed by atoms with Gasteiger partial charge < -0.3 is 21.1 Å². The van der Waals surface area contributed by atoms with Gasteiger partial charge in [-0.25, -0.2) is 4.79 Å². The highest BCUT2D eigenvalue weighted by molar-refractivity contribution is 5.96. The van der Waals surface area contributed by atoms with E-state index in [1.54, 1.807) is 13.0 Å². The molecule has 0 radical (unpaired) electrons. The van der Waals surface area contributed by atoms with E-state index < -0.39 is 12.0 Å². The third-order valence-electron chi connectivity index (χ3n) is 3.68. The third-order valence-corrected chi connectivity index (χ3v) is 3.68. The van der Waals surface area contributed by atoms with Gasteiger partial charge in [0.05, 0.1) is 11.3 Å². The van der Waals surface area contributed by atoms with Gasteiger partial charge in [0.2, 0.25) is 5.91 Å². The smallest absolute Gasteiger partial charge is 0.337 e. The van der Waals surface area contributed by atoms with Crippen molar-refractivity contribution in [2.24, 2.45) is 0 Å². The van der Waals surface area contributed by atoms with Crippen molar-refractivity contribution in [2.75, 3.05) is 24.1 Å². The van der Waals surface area contributed by atoms with Crippen LogP contribution in [0, 0.1) is 0 Å². The van der Waals surface area contributed by atoms with Crippen molar-refractivity contribution in [3.05, 3.63) is 23.8 Å². The van der Waals surface area contributed by atoms with Gasteiger partial charge in [0.25, 0.3) is 0 Å². The molecule has 1 aromatic carbocycles. The van der Waals surface area contributed by atoms with E-state index in [0.717, 1.165) is 32.4 Å². The van der Waals surface area contributed by atoms with Crippen molar-refractivity contribution >= 4 is 23.3 Å². The van der Waals surface area contributed by atoms with E-state index in [2.05, 4.69) is 5.32 Å². The lowest BCUT2D eigenvalue weighted by Crippen LogP contribution is -2.44. The number of rotatable bonds is 4. The van der Waals surface area contributed by atoms with Crippen molar-refractivity contribution < 1.29 is 14.7 Å². The first kappa shape index (κ1) is 15.2. The first-order chi connectivity index (χ1) is 9.99. The lowest BCUT2D eigenvalue weighted by Gasteiger charge is -2.30. The molecule has 2 rings (SSSR count). The topological polar surface area (TPSA) is 95.7 Å². The molecule has 0 bridgehead atoms. The Bertz CT molecular complexity index is 539. The van der Waals surface area contributed by atoms with Crippen LogP contribution in [0.3, 0.4) is 0 Å². The average molecular weight is 291 g/mol. The molecule has 0 aliphatic carbocycles. The predicted octanol–water partition coefficient (Wildman–Crippen LogP) is 1.78. The van der Waals surface area contributed by atoms with Crippen LogP contribution >= 0.6 is 0 Å². The van der Waals surface area contributed by atoms with Gasteiger partial charge in [-0.1, -0.05) is 0 Å². The van der Waals surface area contributed by atoms with Gasteiger partial charge in [-0.3, -0.25) is 4.79 Å². The van der Waals surface area contributed by atoms with Crippen molar-refractivity contribution in [1.82, 2.24) is 4.90 Å². The molecule has 1 aromatic rings. The number of hydrogen-bond donors (Lipinski definition) is 3. The standard InChI is InChI=1S/C15H21N3O3/c1-10(14(19)18-7-3-2-4-8-18)17-13-9-11(16)5-6-12(13)15(20)21/h5-6,9-10,17H,2-4,7-8,16H2,1H3,(H,20,21). The predicted molar refractivity (Wildman–Crippen MR) is 81.3 cm³/mol. The first-order valence-electron chi connectivity index (χ1n) is 7.17. The summed E-state index contributed by atoms with van der Waals surface area (Å²) in [5.41, 5.74) is 6.64. The van der Waals surface area contributed by atoms with Gasteiger partial charge in [0.1, 0.15) is 6.04 Å². The molecular formula is C15H21N3O3. The maximum Gasteiger partial charge on any atom is 0.337 e. The second-order valence-corrected chi connectivity index (χ2v) is 5.36. The number of anilines is 2. The van der Waals surface area contributed by atoms with Gasteiger partial charge in [0, 0.05) is 18.8 Å². The molecule has 114 valence electrons. The molecule has 1 fully saturated rings. The summed E-state index contributed by atoms with van der Waals surface area (Å²) in [7, 11) is 0. The number of nitrogens with two attached hydrogens (primary N) is 1. The number of aromatic carboxylic acids is 1. The van der Waals surface area contributed by atoms with E-state index in [0.29, 0.717) is 11.4 Å². The number of carbonyl (C=O) groups is 2. The average Bonchev–Trinajstić information content (AvgIpc) is 2.47. The van der Waals surface area contributed by atoms with E-state index in [-0.39, 0.29) is 11.5 Å². The molecule has 6 heteroatoms. The molecule has 0 spiro atoms. The third kappa shape index (κ3) is 3.65. The van der Waals surface area contributed by atoms with Crippen LogP contribution in [0.5, 0.6) is 0 Å². The van der Waals surface area contributed by atoms with Crippen LogP contribution in [0.15, 0.2) is 18.2 Å². The molecule has 0 saturated carbocycles. The Kier molecular flexibility index (Phi) is 4.67. The fourth-order valence-electron chi connectivity index (χ4n) is 2.55. The summed E-state index contributed by atoms with van der Waals surface area (Å²) in [5, 5.41) is 12.2. The van der Waals surface area contributed by atoms with Crippen LogP contribution in [0.25, 0.3) is 0 Å².